The minimum Gasteiger partial charge on any atom is -0.478 e. The molecule has 0 aromatic carbocycles. The molecule has 0 saturated heterocycles. The van der Waals surface area contributed by atoms with E-state index in [0.29, 0.717) is 23.0 Å². The van der Waals surface area contributed by atoms with Crippen LogP contribution in [0.3, 0.4) is 0 Å². The minimum atomic E-state index is -0.910. The van der Waals surface area contributed by atoms with E-state index in [1.807, 2.05) is 0 Å². The van der Waals surface area contributed by atoms with E-state index < -0.39 is 5.97 Å². The lowest BCUT2D eigenvalue weighted by atomic mass is 10.3. The molecule has 0 aromatic rings. The predicted octanol–water partition coefficient (Wildman–Crippen LogP) is 1.83. The highest BCUT2D eigenvalue weighted by Gasteiger charge is 1.98. The zero-order valence-corrected chi connectivity index (χ0v) is 11.0. The van der Waals surface area contributed by atoms with Crippen LogP contribution in [0.2, 0.25) is 0 Å². The van der Waals surface area contributed by atoms with Crippen LogP contribution in [0, 0.1) is 0 Å². The Morgan fingerprint density at radius 1 is 1.67 bits per heavy atom. The average molecular weight is 295 g/mol. The Hall–Kier alpha value is -0.750. The Morgan fingerprint density at radius 3 is 2.73 bits per heavy atom. The van der Waals surface area contributed by atoms with Gasteiger partial charge >= 0.3 is 5.97 Å². The molecule has 0 aromatic heterocycles. The molecule has 0 bridgehead atoms. The second-order valence-electron chi connectivity index (χ2n) is 2.47. The van der Waals surface area contributed by atoms with E-state index in [9.17, 15) is 4.79 Å². The lowest BCUT2D eigenvalue weighted by Crippen LogP contribution is -2.07. The van der Waals surface area contributed by atoms with Gasteiger partial charge in [-0.05, 0) is 6.92 Å². The van der Waals surface area contributed by atoms with Gasteiger partial charge in [0.1, 0.15) is 0 Å². The topological polar surface area (TPSA) is 75.7 Å². The molecule has 0 aliphatic carbocycles. The van der Waals surface area contributed by atoms with Crippen LogP contribution in [0.25, 0.3) is 0 Å². The summed E-state index contributed by atoms with van der Waals surface area (Å²) in [5.41, 5.74) is 5.82. The van der Waals surface area contributed by atoms with Crippen molar-refractivity contribution in [1.82, 2.24) is 0 Å². The molecule has 0 spiro atoms. The first-order valence-electron chi connectivity index (χ1n) is 4.01. The van der Waals surface area contributed by atoms with Gasteiger partial charge in [0.15, 0.2) is 5.17 Å². The van der Waals surface area contributed by atoms with Crippen molar-refractivity contribution >= 4 is 39.9 Å². The van der Waals surface area contributed by atoms with Gasteiger partial charge in [0, 0.05) is 11.3 Å². The zero-order chi connectivity index (χ0) is 11.0. The summed E-state index contributed by atoms with van der Waals surface area (Å²) in [6.45, 7) is 5.53. The molecule has 0 atom stereocenters. The molecule has 86 valence electrons. The Balaban J connectivity index is 0. The fourth-order valence-corrected chi connectivity index (χ4v) is 1.21. The number of rotatable bonds is 5. The first-order chi connectivity index (χ1) is 6.57. The fourth-order valence-electron chi connectivity index (χ4n) is 0.540. The Bertz CT molecular complexity index is 277. The Labute approximate surface area is 104 Å². The molecule has 0 rings (SSSR count). The van der Waals surface area contributed by atoms with E-state index in [-0.39, 0.29) is 17.0 Å². The summed E-state index contributed by atoms with van der Waals surface area (Å²) in [5.74, 6) is -0.392. The number of halogens is 1. The third-order valence-corrected chi connectivity index (χ3v) is 2.09. The number of aliphatic imine (C=N–C) groups is 1. The zero-order valence-electron chi connectivity index (χ0n) is 8.47. The van der Waals surface area contributed by atoms with Gasteiger partial charge in [0.05, 0.1) is 6.54 Å². The van der Waals surface area contributed by atoms with Crippen LogP contribution in [0.15, 0.2) is 29.3 Å². The highest BCUT2D eigenvalue weighted by Crippen LogP contribution is 2.03. The van der Waals surface area contributed by atoms with E-state index in [1.165, 1.54) is 11.8 Å². The molecule has 0 fully saturated rings. The lowest BCUT2D eigenvalue weighted by molar-refractivity contribution is -0.132. The Kier molecular flexibility index (Phi) is 10.9. The van der Waals surface area contributed by atoms with Crippen molar-refractivity contribution in [3.63, 3.8) is 0 Å². The van der Waals surface area contributed by atoms with Crippen molar-refractivity contribution in [1.29, 1.82) is 0 Å². The standard InChI is InChI=1S/C9H14N2O2S.BrH/c1-3-5-11-9(10)14-6-4-7(2)8(12)13;/h3-4H,1,5-6H2,2H3,(H2,10,11)(H,12,13);1H/b7-4-;. The minimum absolute atomic E-state index is 0. The van der Waals surface area contributed by atoms with Gasteiger partial charge in [-0.25, -0.2) is 4.79 Å². The number of thioether (sulfide) groups is 1. The van der Waals surface area contributed by atoms with Gasteiger partial charge in [0.2, 0.25) is 0 Å². The molecule has 3 N–H and O–H groups in total. The van der Waals surface area contributed by atoms with Gasteiger partial charge < -0.3 is 10.8 Å². The van der Waals surface area contributed by atoms with Crippen molar-refractivity contribution < 1.29 is 9.90 Å². The third-order valence-electron chi connectivity index (χ3n) is 1.33. The number of hydrogen-bond acceptors (Lipinski definition) is 3. The maximum Gasteiger partial charge on any atom is 0.330 e. The SMILES string of the molecule is Br.C=CCN=C(N)SC/C=C(/C)C(=O)O. The number of hydrogen-bond donors (Lipinski definition) is 2. The van der Waals surface area contributed by atoms with E-state index >= 15 is 0 Å². The van der Waals surface area contributed by atoms with E-state index in [2.05, 4.69) is 11.6 Å². The average Bonchev–Trinajstić information content (AvgIpc) is 2.14. The highest BCUT2D eigenvalue weighted by atomic mass is 79.9. The van der Waals surface area contributed by atoms with Crippen molar-refractivity contribution in [2.75, 3.05) is 12.3 Å². The fraction of sp³-hybridized carbons (Fsp3) is 0.333. The van der Waals surface area contributed by atoms with Gasteiger partial charge in [-0.3, -0.25) is 4.99 Å². The molecule has 0 aliphatic rings. The quantitative estimate of drug-likeness (QED) is 0.351. The lowest BCUT2D eigenvalue weighted by Gasteiger charge is -1.96. The van der Waals surface area contributed by atoms with Gasteiger partial charge in [-0.2, -0.15) is 0 Å². The van der Waals surface area contributed by atoms with Crippen LogP contribution in [-0.2, 0) is 4.79 Å². The third kappa shape index (κ3) is 9.55. The van der Waals surface area contributed by atoms with Gasteiger partial charge in [-0.1, -0.05) is 23.9 Å². The normalized spacial score (nSPS) is 11.8. The molecule has 6 heteroatoms. The number of carbonyl (C=O) groups is 1. The van der Waals surface area contributed by atoms with Gasteiger partial charge in [0.25, 0.3) is 0 Å². The summed E-state index contributed by atoms with van der Waals surface area (Å²) in [6.07, 6.45) is 3.25. The van der Waals surface area contributed by atoms with Crippen LogP contribution in [0.1, 0.15) is 6.92 Å². The maximum atomic E-state index is 10.4. The van der Waals surface area contributed by atoms with E-state index in [0.717, 1.165) is 0 Å². The first-order valence-corrected chi connectivity index (χ1v) is 5.00. The van der Waals surface area contributed by atoms with Crippen LogP contribution in [-0.4, -0.2) is 28.5 Å². The molecule has 0 unspecified atom stereocenters. The summed E-state index contributed by atoms with van der Waals surface area (Å²) < 4.78 is 0. The summed E-state index contributed by atoms with van der Waals surface area (Å²) in [5, 5.41) is 8.98. The number of amidine groups is 1. The van der Waals surface area contributed by atoms with Crippen molar-refractivity contribution in [2.24, 2.45) is 10.7 Å². The van der Waals surface area contributed by atoms with Crippen LogP contribution >= 0.6 is 28.7 Å². The summed E-state index contributed by atoms with van der Waals surface area (Å²) in [6, 6.07) is 0. The molecule has 0 heterocycles. The number of carboxylic acid groups (broad SMARTS) is 1. The largest absolute Gasteiger partial charge is 0.478 e. The molecule has 15 heavy (non-hydrogen) atoms. The second-order valence-corrected chi connectivity index (χ2v) is 3.51. The van der Waals surface area contributed by atoms with Crippen molar-refractivity contribution in [2.45, 2.75) is 6.92 Å². The summed E-state index contributed by atoms with van der Waals surface area (Å²) in [7, 11) is 0. The molecule has 0 amide bonds. The molecular weight excluding hydrogens is 280 g/mol. The highest BCUT2D eigenvalue weighted by molar-refractivity contribution is 8.93. The summed E-state index contributed by atoms with van der Waals surface area (Å²) >= 11 is 1.30. The molecule has 0 radical (unpaired) electrons. The van der Waals surface area contributed by atoms with Crippen LogP contribution in [0.5, 0.6) is 0 Å². The van der Waals surface area contributed by atoms with Crippen LogP contribution < -0.4 is 5.73 Å². The van der Waals surface area contributed by atoms with Crippen molar-refractivity contribution in [3.8, 4) is 0 Å². The number of nitrogens with zero attached hydrogens (tertiary/aromatic N) is 1. The predicted molar refractivity (Wildman–Crippen MR) is 70.9 cm³/mol. The van der Waals surface area contributed by atoms with E-state index in [1.54, 1.807) is 19.1 Å². The molecule has 0 aliphatic heterocycles. The van der Waals surface area contributed by atoms with Gasteiger partial charge in [-0.15, -0.1) is 23.6 Å². The molecule has 0 saturated carbocycles. The monoisotopic (exact) mass is 294 g/mol. The molecular formula is C9H15BrN2O2S. The molecule has 4 nitrogen and oxygen atoms in total. The smallest absolute Gasteiger partial charge is 0.330 e. The van der Waals surface area contributed by atoms with E-state index in [4.69, 9.17) is 10.8 Å². The van der Waals surface area contributed by atoms with Crippen LogP contribution in [0.4, 0.5) is 0 Å². The Morgan fingerprint density at radius 2 is 2.27 bits per heavy atom. The number of nitrogens with two attached hydrogens (primary N) is 1. The second kappa shape index (κ2) is 9.79. The number of aliphatic carboxylic acids is 1. The maximum absolute atomic E-state index is 10.4. The number of carboxylic acids is 1. The summed E-state index contributed by atoms with van der Waals surface area (Å²) in [4.78, 5) is 14.3. The first kappa shape index (κ1) is 16.7. The van der Waals surface area contributed by atoms with Crippen molar-refractivity contribution in [3.05, 3.63) is 24.3 Å².